The number of carbonyl (C=O) groups excluding carboxylic acids is 1. The van der Waals surface area contributed by atoms with Gasteiger partial charge in [-0.2, -0.15) is 0 Å². The molecule has 0 saturated heterocycles. The quantitative estimate of drug-likeness (QED) is 0.880. The summed E-state index contributed by atoms with van der Waals surface area (Å²) in [6.07, 6.45) is -0.174. The van der Waals surface area contributed by atoms with Crippen LogP contribution in [0.1, 0.15) is 13.8 Å². The van der Waals surface area contributed by atoms with Crippen LogP contribution < -0.4 is 20.5 Å². The van der Waals surface area contributed by atoms with Crippen LogP contribution in [-0.4, -0.2) is 31.7 Å². The zero-order valence-corrected chi connectivity index (χ0v) is 12.5. The number of para-hydroxylation sites is 2. The molecule has 0 radical (unpaired) electrons. The first-order valence-electron chi connectivity index (χ1n) is 6.40. The van der Waals surface area contributed by atoms with Gasteiger partial charge in [0.05, 0.1) is 12.0 Å². The number of carbonyl (C=O) groups is 1. The van der Waals surface area contributed by atoms with Crippen LogP contribution in [0.4, 0.5) is 0 Å². The fourth-order valence-corrected chi connectivity index (χ4v) is 1.70. The summed E-state index contributed by atoms with van der Waals surface area (Å²) in [6, 6.07) is 7.50. The number of nitrogens with one attached hydrogen (secondary N) is 1. The fourth-order valence-electron chi connectivity index (χ4n) is 1.70. The van der Waals surface area contributed by atoms with Gasteiger partial charge in [0.25, 0.3) is 0 Å². The number of amides is 1. The minimum atomic E-state index is -0.562. The Morgan fingerprint density at radius 3 is 2.70 bits per heavy atom. The zero-order valence-electron chi connectivity index (χ0n) is 11.7. The van der Waals surface area contributed by atoms with E-state index in [2.05, 4.69) is 5.32 Å². The van der Waals surface area contributed by atoms with E-state index >= 15 is 0 Å². The van der Waals surface area contributed by atoms with Gasteiger partial charge in [-0.1, -0.05) is 12.1 Å². The van der Waals surface area contributed by atoms with E-state index in [9.17, 15) is 4.79 Å². The highest BCUT2D eigenvalue weighted by Crippen LogP contribution is 2.30. The Kier molecular flexibility index (Phi) is 5.65. The Morgan fingerprint density at radius 2 is 2.05 bits per heavy atom. The molecule has 20 heavy (non-hydrogen) atoms. The SMILES string of the molecule is CC(C)(CN)C(=O)NCC1COc2ccccc2O1.Cl. The number of hydrogen-bond donors (Lipinski definition) is 2. The summed E-state index contributed by atoms with van der Waals surface area (Å²) in [7, 11) is 0. The molecule has 0 saturated carbocycles. The van der Waals surface area contributed by atoms with Crippen molar-refractivity contribution < 1.29 is 14.3 Å². The first-order valence-corrected chi connectivity index (χ1v) is 6.40. The van der Waals surface area contributed by atoms with Gasteiger partial charge < -0.3 is 20.5 Å². The summed E-state index contributed by atoms with van der Waals surface area (Å²) in [5, 5.41) is 2.85. The normalized spacial score (nSPS) is 17.1. The maximum absolute atomic E-state index is 11.9. The number of halogens is 1. The third-order valence-electron chi connectivity index (χ3n) is 3.18. The number of hydrogen-bond acceptors (Lipinski definition) is 4. The second kappa shape index (κ2) is 6.81. The van der Waals surface area contributed by atoms with Crippen LogP contribution in [0.2, 0.25) is 0 Å². The van der Waals surface area contributed by atoms with Crippen LogP contribution in [0.5, 0.6) is 11.5 Å². The molecule has 1 unspecified atom stereocenters. The number of ether oxygens (including phenoxy) is 2. The molecule has 1 amide bonds. The molecular formula is C14H21ClN2O3. The molecule has 3 N–H and O–H groups in total. The molecule has 0 aromatic heterocycles. The summed E-state index contributed by atoms with van der Waals surface area (Å²) in [5.74, 6) is 1.39. The van der Waals surface area contributed by atoms with Gasteiger partial charge >= 0.3 is 0 Å². The molecule has 112 valence electrons. The fraction of sp³-hybridized carbons (Fsp3) is 0.500. The monoisotopic (exact) mass is 300 g/mol. The molecule has 1 aromatic carbocycles. The van der Waals surface area contributed by atoms with Gasteiger partial charge in [0.2, 0.25) is 5.91 Å². The molecular weight excluding hydrogens is 280 g/mol. The lowest BCUT2D eigenvalue weighted by Gasteiger charge is -2.28. The maximum atomic E-state index is 11.9. The average molecular weight is 301 g/mol. The van der Waals surface area contributed by atoms with E-state index in [1.54, 1.807) is 0 Å². The Morgan fingerprint density at radius 1 is 1.40 bits per heavy atom. The molecule has 1 atom stereocenters. The predicted molar refractivity (Wildman–Crippen MR) is 79.4 cm³/mol. The third kappa shape index (κ3) is 3.77. The smallest absolute Gasteiger partial charge is 0.227 e. The van der Waals surface area contributed by atoms with Crippen LogP contribution in [-0.2, 0) is 4.79 Å². The van der Waals surface area contributed by atoms with Gasteiger partial charge in [0.1, 0.15) is 12.7 Å². The van der Waals surface area contributed by atoms with Crippen LogP contribution in [0.15, 0.2) is 24.3 Å². The van der Waals surface area contributed by atoms with Crippen molar-refractivity contribution in [3.63, 3.8) is 0 Å². The summed E-state index contributed by atoms with van der Waals surface area (Å²) in [5.41, 5.74) is 5.00. The van der Waals surface area contributed by atoms with E-state index in [1.165, 1.54) is 0 Å². The van der Waals surface area contributed by atoms with Gasteiger partial charge in [-0.25, -0.2) is 0 Å². The summed E-state index contributed by atoms with van der Waals surface area (Å²) in [4.78, 5) is 11.9. The van der Waals surface area contributed by atoms with E-state index in [-0.39, 0.29) is 24.4 Å². The molecule has 0 spiro atoms. The van der Waals surface area contributed by atoms with E-state index < -0.39 is 5.41 Å². The van der Waals surface area contributed by atoms with Crippen LogP contribution in [0, 0.1) is 5.41 Å². The Bertz CT molecular complexity index is 465. The lowest BCUT2D eigenvalue weighted by Crippen LogP contribution is -2.47. The number of rotatable bonds is 4. The van der Waals surface area contributed by atoms with Gasteiger partial charge in [0.15, 0.2) is 11.5 Å². The van der Waals surface area contributed by atoms with Crippen molar-refractivity contribution >= 4 is 18.3 Å². The van der Waals surface area contributed by atoms with E-state index in [0.29, 0.717) is 25.4 Å². The van der Waals surface area contributed by atoms with Crippen molar-refractivity contribution in [1.29, 1.82) is 0 Å². The minimum Gasteiger partial charge on any atom is -0.486 e. The Balaban J connectivity index is 0.00000200. The Hall–Kier alpha value is -1.46. The zero-order chi connectivity index (χ0) is 13.9. The van der Waals surface area contributed by atoms with Crippen LogP contribution in [0.3, 0.4) is 0 Å². The van der Waals surface area contributed by atoms with E-state index in [0.717, 1.165) is 5.75 Å². The van der Waals surface area contributed by atoms with Crippen molar-refractivity contribution in [3.8, 4) is 11.5 Å². The van der Waals surface area contributed by atoms with E-state index in [1.807, 2.05) is 38.1 Å². The largest absolute Gasteiger partial charge is 0.486 e. The van der Waals surface area contributed by atoms with E-state index in [4.69, 9.17) is 15.2 Å². The molecule has 1 aliphatic rings. The van der Waals surface area contributed by atoms with Crippen molar-refractivity contribution in [2.45, 2.75) is 20.0 Å². The Labute approximate surface area is 125 Å². The summed E-state index contributed by atoms with van der Waals surface area (Å²) in [6.45, 7) is 4.78. The minimum absolute atomic E-state index is 0. The van der Waals surface area contributed by atoms with Crippen molar-refractivity contribution in [2.75, 3.05) is 19.7 Å². The van der Waals surface area contributed by atoms with Crippen molar-refractivity contribution in [3.05, 3.63) is 24.3 Å². The number of benzene rings is 1. The molecule has 0 fully saturated rings. The maximum Gasteiger partial charge on any atom is 0.227 e. The van der Waals surface area contributed by atoms with Gasteiger partial charge in [-0.15, -0.1) is 12.4 Å². The highest BCUT2D eigenvalue weighted by molar-refractivity contribution is 5.85. The average Bonchev–Trinajstić information content (AvgIpc) is 2.44. The first kappa shape index (κ1) is 16.6. The van der Waals surface area contributed by atoms with Gasteiger partial charge in [0, 0.05) is 6.54 Å². The third-order valence-corrected chi connectivity index (χ3v) is 3.18. The molecule has 1 aliphatic heterocycles. The van der Waals surface area contributed by atoms with Gasteiger partial charge in [-0.3, -0.25) is 4.79 Å². The highest BCUT2D eigenvalue weighted by Gasteiger charge is 2.27. The molecule has 1 aromatic rings. The van der Waals surface area contributed by atoms with Crippen LogP contribution >= 0.6 is 12.4 Å². The lowest BCUT2D eigenvalue weighted by molar-refractivity contribution is -0.129. The van der Waals surface area contributed by atoms with Crippen molar-refractivity contribution in [2.24, 2.45) is 11.1 Å². The second-order valence-corrected chi connectivity index (χ2v) is 5.30. The molecule has 1 heterocycles. The van der Waals surface area contributed by atoms with Crippen molar-refractivity contribution in [1.82, 2.24) is 5.32 Å². The molecule has 0 aliphatic carbocycles. The van der Waals surface area contributed by atoms with Crippen LogP contribution in [0.25, 0.3) is 0 Å². The standard InChI is InChI=1S/C14H20N2O3.ClH/c1-14(2,9-15)13(17)16-7-10-8-18-11-5-3-4-6-12(11)19-10;/h3-6,10H,7-9,15H2,1-2H3,(H,16,17);1H. The summed E-state index contributed by atoms with van der Waals surface area (Å²) >= 11 is 0. The molecule has 5 nitrogen and oxygen atoms in total. The molecule has 0 bridgehead atoms. The molecule has 2 rings (SSSR count). The predicted octanol–water partition coefficient (Wildman–Crippen LogP) is 1.35. The lowest BCUT2D eigenvalue weighted by atomic mass is 9.93. The number of fused-ring (bicyclic) bond motifs is 1. The highest BCUT2D eigenvalue weighted by atomic mass is 35.5. The van der Waals surface area contributed by atoms with Gasteiger partial charge in [-0.05, 0) is 26.0 Å². The first-order chi connectivity index (χ1) is 9.03. The summed E-state index contributed by atoms with van der Waals surface area (Å²) < 4.78 is 11.3. The molecule has 6 heteroatoms. The number of nitrogens with two attached hydrogens (primary N) is 1. The second-order valence-electron chi connectivity index (χ2n) is 5.30. The topological polar surface area (TPSA) is 73.6 Å².